The van der Waals surface area contributed by atoms with Gasteiger partial charge in [-0.05, 0) is 38.6 Å². The summed E-state index contributed by atoms with van der Waals surface area (Å²) in [6.07, 6.45) is 8.01. The van der Waals surface area contributed by atoms with Crippen LogP contribution in [0.25, 0.3) is 11.3 Å². The van der Waals surface area contributed by atoms with Gasteiger partial charge in [-0.2, -0.15) is 0 Å². The van der Waals surface area contributed by atoms with E-state index in [1.54, 1.807) is 6.20 Å². The van der Waals surface area contributed by atoms with Crippen molar-refractivity contribution in [3.05, 3.63) is 30.9 Å². The Labute approximate surface area is 113 Å². The summed E-state index contributed by atoms with van der Waals surface area (Å²) in [5.41, 5.74) is 7.97. The molecule has 0 radical (unpaired) electrons. The molecule has 1 saturated heterocycles. The zero-order valence-electron chi connectivity index (χ0n) is 11.2. The Kier molecular flexibility index (Phi) is 3.21. The van der Waals surface area contributed by atoms with Crippen molar-refractivity contribution in [2.24, 2.45) is 0 Å². The minimum Gasteiger partial charge on any atom is -0.384 e. The van der Waals surface area contributed by atoms with Crippen LogP contribution in [0.2, 0.25) is 0 Å². The van der Waals surface area contributed by atoms with Crippen LogP contribution in [0.5, 0.6) is 0 Å². The Bertz CT molecular complexity index is 562. The molecule has 0 bridgehead atoms. The lowest BCUT2D eigenvalue weighted by molar-refractivity contribution is 0.213. The number of piperidine rings is 1. The Morgan fingerprint density at radius 3 is 3.11 bits per heavy atom. The fraction of sp³-hybridized carbons (Fsp3) is 0.429. The Morgan fingerprint density at radius 1 is 1.42 bits per heavy atom. The molecule has 0 aromatic carbocycles. The molecule has 1 fully saturated rings. The fourth-order valence-electron chi connectivity index (χ4n) is 2.79. The van der Waals surface area contributed by atoms with Crippen LogP contribution in [0, 0.1) is 0 Å². The van der Waals surface area contributed by atoms with Gasteiger partial charge >= 0.3 is 0 Å². The minimum absolute atomic E-state index is 0.491. The van der Waals surface area contributed by atoms with E-state index in [9.17, 15) is 0 Å². The van der Waals surface area contributed by atoms with Crippen molar-refractivity contribution >= 4 is 5.82 Å². The van der Waals surface area contributed by atoms with E-state index in [1.165, 1.54) is 19.4 Å². The Hall–Kier alpha value is -1.88. The lowest BCUT2D eigenvalue weighted by atomic mass is 10.1. The van der Waals surface area contributed by atoms with E-state index < -0.39 is 0 Å². The molecule has 19 heavy (non-hydrogen) atoms. The Balaban J connectivity index is 1.94. The number of anilines is 1. The quantitative estimate of drug-likeness (QED) is 0.891. The van der Waals surface area contributed by atoms with Gasteiger partial charge < -0.3 is 15.2 Å². The summed E-state index contributed by atoms with van der Waals surface area (Å²) < 4.78 is 2.27. The van der Waals surface area contributed by atoms with E-state index in [-0.39, 0.29) is 0 Å². The number of pyridine rings is 1. The van der Waals surface area contributed by atoms with Gasteiger partial charge in [0.05, 0.1) is 18.2 Å². The van der Waals surface area contributed by atoms with Crippen LogP contribution in [0.3, 0.4) is 0 Å². The third kappa shape index (κ3) is 2.46. The highest BCUT2D eigenvalue weighted by Gasteiger charge is 2.21. The maximum absolute atomic E-state index is 5.77. The molecule has 2 aromatic heterocycles. The van der Waals surface area contributed by atoms with Crippen LogP contribution in [-0.4, -0.2) is 39.6 Å². The van der Waals surface area contributed by atoms with Crippen molar-refractivity contribution in [1.82, 2.24) is 19.4 Å². The van der Waals surface area contributed by atoms with Crippen molar-refractivity contribution in [2.75, 3.05) is 25.9 Å². The number of rotatable bonds is 2. The van der Waals surface area contributed by atoms with Crippen LogP contribution in [0.15, 0.2) is 30.9 Å². The van der Waals surface area contributed by atoms with E-state index in [0.29, 0.717) is 11.9 Å². The predicted octanol–water partition coefficient (Wildman–Crippen LogP) is 1.79. The lowest BCUT2D eigenvalue weighted by Crippen LogP contribution is -2.33. The standard InChI is InChI=1S/C14H19N5/c1-18-6-2-3-12(9-18)19-10-16-8-13(19)11-4-5-17-14(15)7-11/h4-5,7-8,10,12H,2-3,6,9H2,1H3,(H2,15,17). The Morgan fingerprint density at radius 2 is 2.32 bits per heavy atom. The first-order valence-corrected chi connectivity index (χ1v) is 6.66. The van der Waals surface area contributed by atoms with E-state index in [2.05, 4.69) is 26.5 Å². The van der Waals surface area contributed by atoms with Crippen LogP contribution >= 0.6 is 0 Å². The largest absolute Gasteiger partial charge is 0.384 e. The molecular weight excluding hydrogens is 238 g/mol. The maximum Gasteiger partial charge on any atom is 0.123 e. The highest BCUT2D eigenvalue weighted by molar-refractivity contribution is 5.61. The molecule has 100 valence electrons. The molecule has 2 aromatic rings. The summed E-state index contributed by atoms with van der Waals surface area (Å²) in [7, 11) is 2.17. The van der Waals surface area contributed by atoms with Crippen molar-refractivity contribution < 1.29 is 0 Å². The monoisotopic (exact) mass is 257 g/mol. The molecule has 0 amide bonds. The van der Waals surface area contributed by atoms with E-state index in [1.807, 2.05) is 24.7 Å². The van der Waals surface area contributed by atoms with Gasteiger partial charge in [-0.3, -0.25) is 0 Å². The number of nitrogens with two attached hydrogens (primary N) is 1. The van der Waals surface area contributed by atoms with Gasteiger partial charge in [0.1, 0.15) is 5.82 Å². The van der Waals surface area contributed by atoms with Gasteiger partial charge in [0.2, 0.25) is 0 Å². The molecule has 1 aliphatic rings. The third-order valence-electron chi connectivity index (χ3n) is 3.74. The minimum atomic E-state index is 0.491. The van der Waals surface area contributed by atoms with Gasteiger partial charge in [-0.1, -0.05) is 0 Å². The molecule has 1 aliphatic heterocycles. The van der Waals surface area contributed by atoms with E-state index in [4.69, 9.17) is 5.73 Å². The summed E-state index contributed by atoms with van der Waals surface area (Å²) in [5, 5.41) is 0. The summed E-state index contributed by atoms with van der Waals surface area (Å²) >= 11 is 0. The van der Waals surface area contributed by atoms with Gasteiger partial charge in [0.25, 0.3) is 0 Å². The van der Waals surface area contributed by atoms with Crippen molar-refractivity contribution in [3.8, 4) is 11.3 Å². The van der Waals surface area contributed by atoms with Gasteiger partial charge in [0, 0.05) is 24.3 Å². The van der Waals surface area contributed by atoms with Crippen LogP contribution in [-0.2, 0) is 0 Å². The van der Waals surface area contributed by atoms with Gasteiger partial charge in [0.15, 0.2) is 0 Å². The second-order valence-electron chi connectivity index (χ2n) is 5.21. The fourth-order valence-corrected chi connectivity index (χ4v) is 2.79. The molecule has 2 N–H and O–H groups in total. The molecule has 3 rings (SSSR count). The first-order chi connectivity index (χ1) is 9.24. The molecule has 0 spiro atoms. The molecule has 1 unspecified atom stereocenters. The van der Waals surface area contributed by atoms with Crippen LogP contribution in [0.1, 0.15) is 18.9 Å². The number of hydrogen-bond donors (Lipinski definition) is 1. The smallest absolute Gasteiger partial charge is 0.123 e. The van der Waals surface area contributed by atoms with E-state index >= 15 is 0 Å². The van der Waals surface area contributed by atoms with Crippen molar-refractivity contribution in [2.45, 2.75) is 18.9 Å². The average molecular weight is 257 g/mol. The highest BCUT2D eigenvalue weighted by Crippen LogP contribution is 2.27. The second-order valence-corrected chi connectivity index (χ2v) is 5.21. The summed E-state index contributed by atoms with van der Waals surface area (Å²) in [6, 6.07) is 4.38. The molecular formula is C14H19N5. The van der Waals surface area contributed by atoms with Crippen molar-refractivity contribution in [1.29, 1.82) is 0 Å². The van der Waals surface area contributed by atoms with Crippen LogP contribution < -0.4 is 5.73 Å². The third-order valence-corrected chi connectivity index (χ3v) is 3.74. The molecule has 1 atom stereocenters. The number of nitrogens with zero attached hydrogens (tertiary/aromatic N) is 4. The normalized spacial score (nSPS) is 20.6. The predicted molar refractivity (Wildman–Crippen MR) is 75.6 cm³/mol. The van der Waals surface area contributed by atoms with E-state index in [0.717, 1.165) is 17.8 Å². The zero-order valence-corrected chi connectivity index (χ0v) is 11.2. The number of imidazole rings is 1. The number of hydrogen-bond acceptors (Lipinski definition) is 4. The second kappa shape index (κ2) is 5.01. The number of nitrogen functional groups attached to an aromatic ring is 1. The van der Waals surface area contributed by atoms with Gasteiger partial charge in [-0.25, -0.2) is 9.97 Å². The first-order valence-electron chi connectivity index (χ1n) is 6.66. The summed E-state index contributed by atoms with van der Waals surface area (Å²) in [4.78, 5) is 10.7. The molecule has 0 aliphatic carbocycles. The number of aromatic nitrogens is 3. The topological polar surface area (TPSA) is 60.0 Å². The number of likely N-dealkylation sites (N-methyl/N-ethyl adjacent to an activating group) is 1. The molecule has 5 heteroatoms. The number of likely N-dealkylation sites (tertiary alicyclic amines) is 1. The molecule has 5 nitrogen and oxygen atoms in total. The first kappa shape index (κ1) is 12.2. The average Bonchev–Trinajstić information content (AvgIpc) is 2.88. The molecule has 3 heterocycles. The lowest BCUT2D eigenvalue weighted by Gasteiger charge is -2.31. The molecule has 0 saturated carbocycles. The van der Waals surface area contributed by atoms with Gasteiger partial charge in [-0.15, -0.1) is 0 Å². The highest BCUT2D eigenvalue weighted by atomic mass is 15.2. The SMILES string of the molecule is CN1CCCC(n2cncc2-c2ccnc(N)c2)C1. The zero-order chi connectivity index (χ0) is 13.2. The van der Waals surface area contributed by atoms with Crippen LogP contribution in [0.4, 0.5) is 5.82 Å². The maximum atomic E-state index is 5.77. The van der Waals surface area contributed by atoms with Crippen molar-refractivity contribution in [3.63, 3.8) is 0 Å². The summed E-state index contributed by atoms with van der Waals surface area (Å²) in [6.45, 7) is 2.26. The summed E-state index contributed by atoms with van der Waals surface area (Å²) in [5.74, 6) is 0.547.